The Morgan fingerprint density at radius 1 is 0.788 bits per heavy atom. The van der Waals surface area contributed by atoms with Gasteiger partial charge in [-0.3, -0.25) is 0 Å². The number of phenols is 1. The van der Waals surface area contributed by atoms with Crippen molar-refractivity contribution in [2.75, 3.05) is 38.3 Å². The first-order valence-electron chi connectivity index (χ1n) is 16.8. The highest BCUT2D eigenvalue weighted by Crippen LogP contribution is 2.61. The van der Waals surface area contributed by atoms with E-state index in [0.717, 1.165) is 36.0 Å². The second-order valence-electron chi connectivity index (χ2n) is 13.8. The number of fused-ring (bicyclic) bond motifs is 8. The van der Waals surface area contributed by atoms with Gasteiger partial charge in [-0.25, -0.2) is 0 Å². The number of nitrogens with zero attached hydrogens (tertiary/aromatic N) is 1. The molecular weight excluding hydrogens is 684 g/mol. The van der Waals surface area contributed by atoms with E-state index >= 15 is 0 Å². The second kappa shape index (κ2) is 11.7. The van der Waals surface area contributed by atoms with Crippen LogP contribution in [0.3, 0.4) is 0 Å². The summed E-state index contributed by atoms with van der Waals surface area (Å²) in [7, 11) is 1.36. The number of morpholine rings is 1. The quantitative estimate of drug-likeness (QED) is 0.188. The summed E-state index contributed by atoms with van der Waals surface area (Å²) in [5, 5.41) is 11.6. The third-order valence-electron chi connectivity index (χ3n) is 10.5. The van der Waals surface area contributed by atoms with E-state index in [2.05, 4.69) is 4.90 Å². The van der Waals surface area contributed by atoms with Crippen LogP contribution in [0.2, 0.25) is 0 Å². The molecule has 0 aromatic heterocycles. The highest BCUT2D eigenvalue weighted by atomic mass is 19.4. The van der Waals surface area contributed by atoms with Crippen LogP contribution in [0.25, 0.3) is 28.0 Å². The number of anilines is 1. The van der Waals surface area contributed by atoms with Crippen LogP contribution in [0, 0.1) is 0 Å². The number of benzene rings is 5. The molecule has 2 aliphatic heterocycles. The summed E-state index contributed by atoms with van der Waals surface area (Å²) in [5.41, 5.74) is -2.41. The highest BCUT2D eigenvalue weighted by Gasteiger charge is 2.50. The van der Waals surface area contributed by atoms with Gasteiger partial charge in [-0.2, -0.15) is 26.3 Å². The van der Waals surface area contributed by atoms with E-state index in [1.807, 2.05) is 60.7 Å². The standard InChI is InChI=1S/C41H33F6NO4/c1-38(2)35-30(19-25(40(42,43)44)20-31(35)41(45,46)47)34-28-21-32(49)33(50-3)22-29(28)37-27(36(34)38)13-14-39(52-37,23-7-5-4-6-8-23)24-9-11-26(12-10-24)48-15-17-51-18-16-48/h4-14,19-22,49H,15-18H2,1-3H3. The summed E-state index contributed by atoms with van der Waals surface area (Å²) in [4.78, 5) is 2.23. The fraction of sp³-hybridized carbons (Fsp3) is 0.268. The van der Waals surface area contributed by atoms with Gasteiger partial charge in [-0.1, -0.05) is 62.4 Å². The van der Waals surface area contributed by atoms with Gasteiger partial charge in [-0.05, 0) is 70.1 Å². The second-order valence-corrected chi connectivity index (χ2v) is 13.8. The summed E-state index contributed by atoms with van der Waals surface area (Å²) in [6.07, 6.45) is -6.49. The molecule has 1 aliphatic carbocycles. The monoisotopic (exact) mass is 717 g/mol. The number of ether oxygens (including phenoxy) is 3. The maximum atomic E-state index is 14.7. The maximum absolute atomic E-state index is 14.7. The van der Waals surface area contributed by atoms with Gasteiger partial charge in [0.25, 0.3) is 0 Å². The summed E-state index contributed by atoms with van der Waals surface area (Å²) in [6.45, 7) is 5.89. The zero-order valence-electron chi connectivity index (χ0n) is 28.4. The minimum absolute atomic E-state index is 0.0606. The van der Waals surface area contributed by atoms with Gasteiger partial charge in [0.05, 0.1) is 31.5 Å². The van der Waals surface area contributed by atoms with Gasteiger partial charge in [0, 0.05) is 46.3 Å². The maximum Gasteiger partial charge on any atom is 0.416 e. The van der Waals surface area contributed by atoms with Crippen molar-refractivity contribution >= 4 is 22.5 Å². The van der Waals surface area contributed by atoms with Crippen molar-refractivity contribution < 1.29 is 45.7 Å². The number of hydrogen-bond acceptors (Lipinski definition) is 5. The molecule has 5 aromatic rings. The lowest BCUT2D eigenvalue weighted by Crippen LogP contribution is -2.37. The molecule has 2 heterocycles. The SMILES string of the molecule is COc1cc2c3c(c4c(c2cc1O)-c1cc(C(F)(F)F)cc(C(F)(F)F)c1C4(C)C)C=CC(c1ccccc1)(c1ccc(N2CCOCC2)cc1)O3. The number of phenolic OH excluding ortho intramolecular Hbond substituents is 1. The van der Waals surface area contributed by atoms with E-state index in [0.29, 0.717) is 35.5 Å². The molecule has 1 N–H and O–H groups in total. The van der Waals surface area contributed by atoms with Gasteiger partial charge >= 0.3 is 12.4 Å². The molecule has 268 valence electrons. The molecule has 0 radical (unpaired) electrons. The Labute approximate surface area is 295 Å². The van der Waals surface area contributed by atoms with Crippen molar-refractivity contribution in [1.82, 2.24) is 0 Å². The van der Waals surface area contributed by atoms with Crippen LogP contribution in [0.5, 0.6) is 17.2 Å². The third kappa shape index (κ3) is 5.11. The van der Waals surface area contributed by atoms with Crippen LogP contribution < -0.4 is 14.4 Å². The average molecular weight is 718 g/mol. The molecule has 1 atom stereocenters. The number of rotatable bonds is 4. The average Bonchev–Trinajstić information content (AvgIpc) is 3.37. The highest BCUT2D eigenvalue weighted by molar-refractivity contribution is 6.10. The summed E-state index contributed by atoms with van der Waals surface area (Å²) < 4.78 is 105. The Bertz CT molecular complexity index is 2260. The lowest BCUT2D eigenvalue weighted by Gasteiger charge is -2.39. The summed E-state index contributed by atoms with van der Waals surface area (Å²) >= 11 is 0. The summed E-state index contributed by atoms with van der Waals surface area (Å²) in [5.74, 6) is 0.0254. The first-order chi connectivity index (χ1) is 24.6. The Morgan fingerprint density at radius 2 is 1.46 bits per heavy atom. The predicted octanol–water partition coefficient (Wildman–Crippen LogP) is 10.1. The first-order valence-corrected chi connectivity index (χ1v) is 16.8. The van der Waals surface area contributed by atoms with Crippen molar-refractivity contribution in [3.05, 3.63) is 124 Å². The largest absolute Gasteiger partial charge is 0.504 e. The molecule has 0 amide bonds. The lowest BCUT2D eigenvalue weighted by atomic mass is 9.75. The number of hydrogen-bond donors (Lipinski definition) is 1. The minimum Gasteiger partial charge on any atom is -0.504 e. The van der Waals surface area contributed by atoms with E-state index in [1.54, 1.807) is 19.9 Å². The van der Waals surface area contributed by atoms with E-state index in [-0.39, 0.29) is 39.6 Å². The van der Waals surface area contributed by atoms with E-state index in [1.165, 1.54) is 19.2 Å². The smallest absolute Gasteiger partial charge is 0.416 e. The summed E-state index contributed by atoms with van der Waals surface area (Å²) in [6, 6.07) is 21.3. The zero-order chi connectivity index (χ0) is 36.8. The number of methoxy groups -OCH3 is 1. The molecule has 1 unspecified atom stereocenters. The van der Waals surface area contributed by atoms with Crippen molar-refractivity contribution in [2.24, 2.45) is 0 Å². The Hall–Kier alpha value is -5.16. The third-order valence-corrected chi connectivity index (χ3v) is 10.5. The molecule has 52 heavy (non-hydrogen) atoms. The molecule has 11 heteroatoms. The van der Waals surface area contributed by atoms with Crippen LogP contribution in [0.1, 0.15) is 52.8 Å². The molecular formula is C41H33F6NO4. The van der Waals surface area contributed by atoms with Crippen molar-refractivity contribution in [3.63, 3.8) is 0 Å². The topological polar surface area (TPSA) is 51.2 Å². The van der Waals surface area contributed by atoms with Crippen molar-refractivity contribution in [2.45, 2.75) is 37.2 Å². The number of alkyl halides is 6. The molecule has 0 saturated carbocycles. The normalized spacial score (nSPS) is 19.2. The zero-order valence-corrected chi connectivity index (χ0v) is 28.4. The Balaban J connectivity index is 1.42. The van der Waals surface area contributed by atoms with Gasteiger partial charge in [0.1, 0.15) is 5.75 Å². The van der Waals surface area contributed by atoms with Gasteiger partial charge < -0.3 is 24.2 Å². The van der Waals surface area contributed by atoms with Crippen molar-refractivity contribution in [3.8, 4) is 28.4 Å². The van der Waals surface area contributed by atoms with Crippen LogP contribution >= 0.6 is 0 Å². The van der Waals surface area contributed by atoms with Crippen LogP contribution in [-0.4, -0.2) is 38.5 Å². The van der Waals surface area contributed by atoms with E-state index in [4.69, 9.17) is 14.2 Å². The number of halogens is 6. The van der Waals surface area contributed by atoms with E-state index in [9.17, 15) is 31.4 Å². The van der Waals surface area contributed by atoms with Gasteiger partial charge in [0.2, 0.25) is 0 Å². The molecule has 5 nitrogen and oxygen atoms in total. The fourth-order valence-electron chi connectivity index (χ4n) is 8.18. The Kier molecular flexibility index (Phi) is 7.63. The predicted molar refractivity (Wildman–Crippen MR) is 186 cm³/mol. The Morgan fingerprint density at radius 3 is 2.10 bits per heavy atom. The molecule has 1 fully saturated rings. The molecule has 0 spiro atoms. The fourth-order valence-corrected chi connectivity index (χ4v) is 8.18. The molecule has 1 saturated heterocycles. The van der Waals surface area contributed by atoms with Crippen LogP contribution in [0.15, 0.2) is 84.9 Å². The minimum atomic E-state index is -5.09. The molecule has 0 bridgehead atoms. The van der Waals surface area contributed by atoms with Crippen molar-refractivity contribution in [1.29, 1.82) is 0 Å². The lowest BCUT2D eigenvalue weighted by molar-refractivity contribution is -0.143. The van der Waals surface area contributed by atoms with E-state index < -0.39 is 34.5 Å². The molecule has 8 rings (SSSR count). The molecule has 3 aliphatic rings. The van der Waals surface area contributed by atoms with Crippen LogP contribution in [0.4, 0.5) is 32.0 Å². The van der Waals surface area contributed by atoms with Gasteiger partial charge in [-0.15, -0.1) is 0 Å². The first kappa shape index (κ1) is 34.0. The van der Waals surface area contributed by atoms with Crippen LogP contribution in [-0.2, 0) is 28.1 Å². The van der Waals surface area contributed by atoms with Gasteiger partial charge in [0.15, 0.2) is 17.1 Å². The number of aromatic hydroxyl groups is 1. The molecule has 5 aromatic carbocycles.